The van der Waals surface area contributed by atoms with E-state index in [0.717, 1.165) is 42.7 Å². The van der Waals surface area contributed by atoms with Crippen molar-refractivity contribution in [1.82, 2.24) is 4.57 Å². The SMILES string of the molecule is Cc1c(N2CC(N)C3(CC3)C2)ccc2c(=O)c(C(=O)O)cn(C3CC3)c12. The molecule has 26 heavy (non-hydrogen) atoms. The molecule has 2 aromatic rings. The summed E-state index contributed by atoms with van der Waals surface area (Å²) in [6.07, 6.45) is 5.99. The summed E-state index contributed by atoms with van der Waals surface area (Å²) < 4.78 is 2.02. The molecule has 5 rings (SSSR count). The second kappa shape index (κ2) is 5.10. The summed E-state index contributed by atoms with van der Waals surface area (Å²) in [6.45, 7) is 3.86. The number of carbonyl (C=O) groups is 1. The minimum atomic E-state index is -1.16. The Morgan fingerprint density at radius 1 is 1.31 bits per heavy atom. The number of pyridine rings is 1. The number of aromatic carboxylic acids is 1. The van der Waals surface area contributed by atoms with Crippen LogP contribution in [0.15, 0.2) is 23.1 Å². The van der Waals surface area contributed by atoms with E-state index < -0.39 is 11.4 Å². The first-order valence-corrected chi connectivity index (χ1v) is 9.33. The number of carboxylic acid groups (broad SMARTS) is 1. The summed E-state index contributed by atoms with van der Waals surface area (Å²) in [5.74, 6) is -1.16. The molecule has 1 aliphatic heterocycles. The molecule has 0 amide bonds. The molecule has 6 heteroatoms. The Labute approximate surface area is 151 Å². The van der Waals surface area contributed by atoms with Crippen LogP contribution < -0.4 is 16.1 Å². The number of hydrogen-bond donors (Lipinski definition) is 2. The van der Waals surface area contributed by atoms with Crippen LogP contribution in [0.25, 0.3) is 10.9 Å². The van der Waals surface area contributed by atoms with Crippen LogP contribution in [0.1, 0.15) is 47.6 Å². The Kier molecular flexibility index (Phi) is 3.11. The van der Waals surface area contributed by atoms with E-state index in [1.165, 1.54) is 12.8 Å². The molecule has 2 aliphatic carbocycles. The molecule has 136 valence electrons. The molecule has 1 aromatic heterocycles. The number of hydrogen-bond acceptors (Lipinski definition) is 4. The molecule has 6 nitrogen and oxygen atoms in total. The molecular weight excluding hydrogens is 330 g/mol. The van der Waals surface area contributed by atoms with Crippen molar-refractivity contribution >= 4 is 22.6 Å². The molecule has 1 aromatic carbocycles. The van der Waals surface area contributed by atoms with Crippen molar-refractivity contribution in [1.29, 1.82) is 0 Å². The summed E-state index contributed by atoms with van der Waals surface area (Å²) >= 11 is 0. The average molecular weight is 353 g/mol. The van der Waals surface area contributed by atoms with Gasteiger partial charge in [-0.1, -0.05) is 0 Å². The highest BCUT2D eigenvalue weighted by atomic mass is 16.4. The smallest absolute Gasteiger partial charge is 0.341 e. The van der Waals surface area contributed by atoms with Gasteiger partial charge < -0.3 is 20.3 Å². The van der Waals surface area contributed by atoms with Crippen LogP contribution in [0.3, 0.4) is 0 Å². The summed E-state index contributed by atoms with van der Waals surface area (Å²) in [7, 11) is 0. The lowest BCUT2D eigenvalue weighted by atomic mass is 10.0. The lowest BCUT2D eigenvalue weighted by molar-refractivity contribution is 0.0695. The Bertz CT molecular complexity index is 1000. The summed E-state index contributed by atoms with van der Waals surface area (Å²) in [4.78, 5) is 26.5. The van der Waals surface area contributed by atoms with Gasteiger partial charge in [0.2, 0.25) is 5.43 Å². The number of carboxylic acids is 1. The average Bonchev–Trinajstić information content (AvgIpc) is 3.49. The van der Waals surface area contributed by atoms with Crippen LogP contribution >= 0.6 is 0 Å². The van der Waals surface area contributed by atoms with Gasteiger partial charge in [-0.15, -0.1) is 0 Å². The van der Waals surface area contributed by atoms with E-state index in [1.54, 1.807) is 12.3 Å². The van der Waals surface area contributed by atoms with Crippen LogP contribution in [0.4, 0.5) is 5.69 Å². The zero-order chi connectivity index (χ0) is 18.2. The van der Waals surface area contributed by atoms with Gasteiger partial charge in [0.25, 0.3) is 0 Å². The van der Waals surface area contributed by atoms with E-state index in [9.17, 15) is 14.7 Å². The van der Waals surface area contributed by atoms with Gasteiger partial charge in [-0.25, -0.2) is 4.79 Å². The number of fused-ring (bicyclic) bond motifs is 1. The van der Waals surface area contributed by atoms with Crippen molar-refractivity contribution in [2.75, 3.05) is 18.0 Å². The van der Waals surface area contributed by atoms with Crippen LogP contribution in [0, 0.1) is 12.3 Å². The Morgan fingerprint density at radius 3 is 2.62 bits per heavy atom. The minimum absolute atomic E-state index is 0.142. The van der Waals surface area contributed by atoms with Crippen molar-refractivity contribution in [3.63, 3.8) is 0 Å². The summed E-state index contributed by atoms with van der Waals surface area (Å²) in [5, 5.41) is 9.91. The normalized spacial score (nSPS) is 23.8. The Morgan fingerprint density at radius 2 is 2.04 bits per heavy atom. The maximum Gasteiger partial charge on any atom is 0.341 e. The maximum atomic E-state index is 12.7. The molecule has 3 fully saturated rings. The van der Waals surface area contributed by atoms with E-state index in [2.05, 4.69) is 4.90 Å². The van der Waals surface area contributed by atoms with Crippen LogP contribution in [-0.2, 0) is 0 Å². The molecule has 1 saturated heterocycles. The fourth-order valence-electron chi connectivity index (χ4n) is 4.61. The molecule has 0 bridgehead atoms. The van der Waals surface area contributed by atoms with Crippen molar-refractivity contribution in [3.05, 3.63) is 39.7 Å². The minimum Gasteiger partial charge on any atom is -0.477 e. The second-order valence-corrected chi connectivity index (χ2v) is 8.27. The highest BCUT2D eigenvalue weighted by molar-refractivity contribution is 5.95. The van der Waals surface area contributed by atoms with Crippen molar-refractivity contribution in [3.8, 4) is 0 Å². The second-order valence-electron chi connectivity index (χ2n) is 8.27. The van der Waals surface area contributed by atoms with E-state index in [4.69, 9.17) is 5.73 Å². The highest BCUT2D eigenvalue weighted by Crippen LogP contribution is 2.53. The first-order chi connectivity index (χ1) is 12.4. The fraction of sp³-hybridized carbons (Fsp3) is 0.500. The number of nitrogens with zero attached hydrogens (tertiary/aromatic N) is 2. The standard InChI is InChI=1S/C20H23N3O3/c1-11-15(22-9-16(21)20(10-22)6-7-20)5-4-13-17(11)23(12-2-3-12)8-14(18(13)24)19(25)26/h4-5,8,12,16H,2-3,6-7,9-10,21H2,1H3,(H,25,26). The van der Waals surface area contributed by atoms with Crippen LogP contribution in [-0.4, -0.2) is 34.8 Å². The van der Waals surface area contributed by atoms with Gasteiger partial charge in [0, 0.05) is 47.9 Å². The zero-order valence-corrected chi connectivity index (χ0v) is 14.9. The molecule has 3 aliphatic rings. The van der Waals surface area contributed by atoms with Gasteiger partial charge in [0.05, 0.1) is 5.52 Å². The van der Waals surface area contributed by atoms with Gasteiger partial charge in [-0.2, -0.15) is 0 Å². The third kappa shape index (κ3) is 2.14. The number of nitrogens with two attached hydrogens (primary N) is 1. The molecule has 1 spiro atoms. The van der Waals surface area contributed by atoms with Crippen LogP contribution in [0.5, 0.6) is 0 Å². The summed E-state index contributed by atoms with van der Waals surface area (Å²) in [6, 6.07) is 4.27. The van der Waals surface area contributed by atoms with Crippen molar-refractivity contribution < 1.29 is 9.90 Å². The first kappa shape index (κ1) is 15.9. The number of benzene rings is 1. The Hall–Kier alpha value is -2.34. The number of aromatic nitrogens is 1. The largest absolute Gasteiger partial charge is 0.477 e. The van der Waals surface area contributed by atoms with Crippen molar-refractivity contribution in [2.24, 2.45) is 11.1 Å². The number of rotatable bonds is 3. The highest BCUT2D eigenvalue weighted by Gasteiger charge is 2.53. The van der Waals surface area contributed by atoms with Gasteiger partial charge in [0.1, 0.15) is 5.56 Å². The van der Waals surface area contributed by atoms with E-state index in [0.29, 0.717) is 11.4 Å². The van der Waals surface area contributed by atoms with Crippen molar-refractivity contribution in [2.45, 2.75) is 44.7 Å². The molecule has 2 heterocycles. The molecule has 0 radical (unpaired) electrons. The number of aryl methyl sites for hydroxylation is 1. The van der Waals surface area contributed by atoms with Gasteiger partial charge >= 0.3 is 5.97 Å². The molecule has 1 unspecified atom stereocenters. The quantitative estimate of drug-likeness (QED) is 0.884. The molecular formula is C20H23N3O3. The topological polar surface area (TPSA) is 88.6 Å². The monoisotopic (exact) mass is 353 g/mol. The van der Waals surface area contributed by atoms with Gasteiger partial charge in [0.15, 0.2) is 0 Å². The first-order valence-electron chi connectivity index (χ1n) is 9.33. The van der Waals surface area contributed by atoms with Gasteiger partial charge in [-0.05, 0) is 50.3 Å². The zero-order valence-electron chi connectivity index (χ0n) is 14.9. The third-order valence-corrected chi connectivity index (χ3v) is 6.53. The van der Waals surface area contributed by atoms with E-state index in [1.807, 2.05) is 17.6 Å². The maximum absolute atomic E-state index is 12.7. The predicted molar refractivity (Wildman–Crippen MR) is 100 cm³/mol. The Balaban J connectivity index is 1.70. The lowest BCUT2D eigenvalue weighted by Gasteiger charge is -2.23. The molecule has 2 saturated carbocycles. The van der Waals surface area contributed by atoms with E-state index in [-0.39, 0.29) is 17.0 Å². The predicted octanol–water partition coefficient (Wildman–Crippen LogP) is 2.27. The van der Waals surface area contributed by atoms with E-state index >= 15 is 0 Å². The molecule has 3 N–H and O–H groups in total. The summed E-state index contributed by atoms with van der Waals surface area (Å²) in [5.41, 5.74) is 9.16. The fourth-order valence-corrected chi connectivity index (χ4v) is 4.61. The van der Waals surface area contributed by atoms with Gasteiger partial charge in [-0.3, -0.25) is 4.79 Å². The number of anilines is 1. The molecule has 1 atom stereocenters. The van der Waals surface area contributed by atoms with Crippen LogP contribution in [0.2, 0.25) is 0 Å². The third-order valence-electron chi connectivity index (χ3n) is 6.53. The lowest BCUT2D eigenvalue weighted by Crippen LogP contribution is -2.30.